The Kier molecular flexibility index (Phi) is 3.50. The van der Waals surface area contributed by atoms with Gasteiger partial charge in [-0.15, -0.1) is 0 Å². The summed E-state index contributed by atoms with van der Waals surface area (Å²) in [6, 6.07) is 15.7. The van der Waals surface area contributed by atoms with Crippen molar-refractivity contribution >= 4 is 11.4 Å². The zero-order valence-electron chi connectivity index (χ0n) is 9.81. The molecule has 0 aromatic heterocycles. The number of para-hydroxylation sites is 1. The molecule has 0 bridgehead atoms. The molecule has 3 N–H and O–H groups in total. The zero-order chi connectivity index (χ0) is 12.1. The van der Waals surface area contributed by atoms with E-state index in [9.17, 15) is 0 Å². The van der Waals surface area contributed by atoms with E-state index in [2.05, 4.69) is 5.32 Å². The SMILES string of the molecule is CNc1cccc(OCc2ccccc2)c1N. The number of nitrogen functional groups attached to an aromatic ring is 1. The summed E-state index contributed by atoms with van der Waals surface area (Å²) in [6.45, 7) is 0.526. The first kappa shape index (κ1) is 11.3. The summed E-state index contributed by atoms with van der Waals surface area (Å²) in [6.07, 6.45) is 0. The molecule has 0 fully saturated rings. The second-order valence-corrected chi connectivity index (χ2v) is 3.74. The third kappa shape index (κ3) is 2.69. The lowest BCUT2D eigenvalue weighted by atomic mass is 10.2. The van der Waals surface area contributed by atoms with Gasteiger partial charge in [0.05, 0.1) is 11.4 Å². The van der Waals surface area contributed by atoms with Crippen molar-refractivity contribution in [3.8, 4) is 5.75 Å². The van der Waals surface area contributed by atoms with E-state index < -0.39 is 0 Å². The second-order valence-electron chi connectivity index (χ2n) is 3.74. The lowest BCUT2D eigenvalue weighted by molar-refractivity contribution is 0.308. The Labute approximate surface area is 101 Å². The van der Waals surface area contributed by atoms with Crippen LogP contribution in [0.1, 0.15) is 5.56 Å². The van der Waals surface area contributed by atoms with Crippen molar-refractivity contribution in [1.29, 1.82) is 0 Å². The van der Waals surface area contributed by atoms with Crippen molar-refractivity contribution in [2.45, 2.75) is 6.61 Å². The van der Waals surface area contributed by atoms with Gasteiger partial charge in [0.1, 0.15) is 12.4 Å². The van der Waals surface area contributed by atoms with Gasteiger partial charge in [0.2, 0.25) is 0 Å². The van der Waals surface area contributed by atoms with Gasteiger partial charge in [0.25, 0.3) is 0 Å². The maximum absolute atomic E-state index is 5.97. The van der Waals surface area contributed by atoms with Crippen molar-refractivity contribution in [2.24, 2.45) is 0 Å². The number of rotatable bonds is 4. The van der Waals surface area contributed by atoms with Crippen LogP contribution in [0.4, 0.5) is 11.4 Å². The fourth-order valence-electron chi connectivity index (χ4n) is 1.62. The number of nitrogens with two attached hydrogens (primary N) is 1. The van der Waals surface area contributed by atoms with Crippen molar-refractivity contribution in [1.82, 2.24) is 0 Å². The standard InChI is InChI=1S/C14H16N2O/c1-16-12-8-5-9-13(14(12)15)17-10-11-6-3-2-4-7-11/h2-9,16H,10,15H2,1H3. The highest BCUT2D eigenvalue weighted by Crippen LogP contribution is 2.29. The highest BCUT2D eigenvalue weighted by Gasteiger charge is 2.04. The van der Waals surface area contributed by atoms with E-state index in [1.54, 1.807) is 0 Å². The van der Waals surface area contributed by atoms with Crippen LogP contribution < -0.4 is 15.8 Å². The van der Waals surface area contributed by atoms with Gasteiger partial charge in [-0.05, 0) is 17.7 Å². The minimum atomic E-state index is 0.526. The van der Waals surface area contributed by atoms with Crippen LogP contribution in [0.2, 0.25) is 0 Å². The molecule has 2 rings (SSSR count). The van der Waals surface area contributed by atoms with Crippen LogP contribution in [-0.4, -0.2) is 7.05 Å². The number of hydrogen-bond acceptors (Lipinski definition) is 3. The highest BCUT2D eigenvalue weighted by atomic mass is 16.5. The molecular weight excluding hydrogens is 212 g/mol. The third-order valence-corrected chi connectivity index (χ3v) is 2.57. The molecule has 0 atom stereocenters. The second kappa shape index (κ2) is 5.25. The normalized spacial score (nSPS) is 9.94. The number of ether oxygens (including phenoxy) is 1. The molecule has 0 spiro atoms. The number of hydrogen-bond donors (Lipinski definition) is 2. The Morgan fingerprint density at radius 3 is 2.53 bits per heavy atom. The molecule has 2 aromatic rings. The Hall–Kier alpha value is -2.16. The van der Waals surface area contributed by atoms with E-state index in [0.717, 1.165) is 11.3 Å². The molecule has 0 saturated heterocycles. The Morgan fingerprint density at radius 1 is 1.06 bits per heavy atom. The Bertz CT molecular complexity index is 483. The third-order valence-electron chi connectivity index (χ3n) is 2.57. The molecule has 0 unspecified atom stereocenters. The van der Waals surface area contributed by atoms with Gasteiger partial charge in [-0.1, -0.05) is 36.4 Å². The lowest BCUT2D eigenvalue weighted by Gasteiger charge is -2.12. The van der Waals surface area contributed by atoms with Crippen LogP contribution in [0, 0.1) is 0 Å². The fraction of sp³-hybridized carbons (Fsp3) is 0.143. The van der Waals surface area contributed by atoms with E-state index in [1.165, 1.54) is 0 Å². The largest absolute Gasteiger partial charge is 0.487 e. The van der Waals surface area contributed by atoms with Crippen LogP contribution in [-0.2, 0) is 6.61 Å². The van der Waals surface area contributed by atoms with Gasteiger partial charge in [-0.2, -0.15) is 0 Å². The fourth-order valence-corrected chi connectivity index (χ4v) is 1.62. The molecule has 0 radical (unpaired) electrons. The average Bonchev–Trinajstić information content (AvgIpc) is 2.39. The summed E-state index contributed by atoms with van der Waals surface area (Å²) >= 11 is 0. The summed E-state index contributed by atoms with van der Waals surface area (Å²) in [5.74, 6) is 0.709. The first-order valence-electron chi connectivity index (χ1n) is 5.54. The van der Waals surface area contributed by atoms with E-state index in [1.807, 2.05) is 55.6 Å². The molecule has 88 valence electrons. The van der Waals surface area contributed by atoms with E-state index in [0.29, 0.717) is 18.0 Å². The first-order valence-corrected chi connectivity index (χ1v) is 5.54. The minimum absolute atomic E-state index is 0.526. The lowest BCUT2D eigenvalue weighted by Crippen LogP contribution is -2.01. The molecule has 0 amide bonds. The quantitative estimate of drug-likeness (QED) is 0.791. The smallest absolute Gasteiger partial charge is 0.144 e. The summed E-state index contributed by atoms with van der Waals surface area (Å²) in [5, 5.41) is 3.03. The van der Waals surface area contributed by atoms with E-state index >= 15 is 0 Å². The zero-order valence-corrected chi connectivity index (χ0v) is 9.81. The molecule has 17 heavy (non-hydrogen) atoms. The molecule has 0 heterocycles. The summed E-state index contributed by atoms with van der Waals surface area (Å²) in [4.78, 5) is 0. The molecule has 2 aromatic carbocycles. The number of nitrogens with one attached hydrogen (secondary N) is 1. The maximum Gasteiger partial charge on any atom is 0.144 e. The monoisotopic (exact) mass is 228 g/mol. The van der Waals surface area contributed by atoms with Gasteiger partial charge < -0.3 is 15.8 Å². The van der Waals surface area contributed by atoms with Crippen LogP contribution in [0.5, 0.6) is 5.75 Å². The van der Waals surface area contributed by atoms with Crippen molar-refractivity contribution in [3.63, 3.8) is 0 Å². The number of benzene rings is 2. The topological polar surface area (TPSA) is 47.3 Å². The molecule has 0 aliphatic rings. The van der Waals surface area contributed by atoms with Gasteiger partial charge in [-0.3, -0.25) is 0 Å². The highest BCUT2D eigenvalue weighted by molar-refractivity contribution is 5.72. The number of anilines is 2. The minimum Gasteiger partial charge on any atom is -0.487 e. The summed E-state index contributed by atoms with van der Waals surface area (Å²) in [7, 11) is 1.84. The molecular formula is C14H16N2O. The molecule has 0 aliphatic heterocycles. The van der Waals surface area contributed by atoms with Crippen LogP contribution in [0.3, 0.4) is 0 Å². The van der Waals surface area contributed by atoms with Gasteiger partial charge in [0, 0.05) is 7.05 Å². The van der Waals surface area contributed by atoms with Gasteiger partial charge in [0.15, 0.2) is 0 Å². The molecule has 3 nitrogen and oxygen atoms in total. The van der Waals surface area contributed by atoms with Crippen LogP contribution in [0.15, 0.2) is 48.5 Å². The molecule has 3 heteroatoms. The molecule has 0 aliphatic carbocycles. The van der Waals surface area contributed by atoms with E-state index in [4.69, 9.17) is 10.5 Å². The van der Waals surface area contributed by atoms with Crippen molar-refractivity contribution in [3.05, 3.63) is 54.1 Å². The predicted molar refractivity (Wildman–Crippen MR) is 71.2 cm³/mol. The first-order chi connectivity index (χ1) is 8.31. The van der Waals surface area contributed by atoms with Gasteiger partial charge in [-0.25, -0.2) is 0 Å². The Morgan fingerprint density at radius 2 is 1.82 bits per heavy atom. The summed E-state index contributed by atoms with van der Waals surface area (Å²) in [5.41, 5.74) is 8.63. The summed E-state index contributed by atoms with van der Waals surface area (Å²) < 4.78 is 5.70. The van der Waals surface area contributed by atoms with Crippen molar-refractivity contribution < 1.29 is 4.74 Å². The molecule has 0 saturated carbocycles. The van der Waals surface area contributed by atoms with Gasteiger partial charge >= 0.3 is 0 Å². The average molecular weight is 228 g/mol. The van der Waals surface area contributed by atoms with Crippen LogP contribution in [0.25, 0.3) is 0 Å². The van der Waals surface area contributed by atoms with E-state index in [-0.39, 0.29) is 0 Å². The maximum atomic E-state index is 5.97. The van der Waals surface area contributed by atoms with Crippen LogP contribution >= 0.6 is 0 Å². The van der Waals surface area contributed by atoms with Crippen molar-refractivity contribution in [2.75, 3.05) is 18.1 Å². The predicted octanol–water partition coefficient (Wildman–Crippen LogP) is 2.89. The Balaban J connectivity index is 2.09.